The second-order valence-corrected chi connectivity index (χ2v) is 11.5. The molecule has 1 aromatic heterocycles. The van der Waals surface area contributed by atoms with Gasteiger partial charge in [-0.05, 0) is 56.6 Å². The molecule has 4 amide bonds. The fourth-order valence-corrected chi connectivity index (χ4v) is 4.94. The van der Waals surface area contributed by atoms with Gasteiger partial charge in [-0.2, -0.15) is 0 Å². The summed E-state index contributed by atoms with van der Waals surface area (Å²) in [6, 6.07) is 5.46. The predicted octanol–water partition coefficient (Wildman–Crippen LogP) is 3.41. The second-order valence-electron chi connectivity index (χ2n) is 11.5. The van der Waals surface area contributed by atoms with Crippen molar-refractivity contribution in [3.05, 3.63) is 36.1 Å². The van der Waals surface area contributed by atoms with Crippen LogP contribution in [0.3, 0.4) is 0 Å². The maximum absolute atomic E-state index is 13.3. The van der Waals surface area contributed by atoms with Gasteiger partial charge in [-0.3, -0.25) is 14.4 Å². The Morgan fingerprint density at radius 3 is 2.29 bits per heavy atom. The van der Waals surface area contributed by atoms with E-state index < -0.39 is 41.9 Å². The van der Waals surface area contributed by atoms with Gasteiger partial charge in [0.15, 0.2) is 11.5 Å². The van der Waals surface area contributed by atoms with E-state index in [2.05, 4.69) is 16.0 Å². The SMILES string of the molecule is COC(=O)[C@H](CC(C)C)NC(=O)N1CC(=O)C(NC(=O)[C@H](CC(C)C)NC(=O)c2cc3ccccc3o2)CC[C@H]1C. The molecule has 3 N–H and O–H groups in total. The number of methoxy groups -OCH3 is 1. The molecule has 1 saturated heterocycles. The summed E-state index contributed by atoms with van der Waals surface area (Å²) in [6.45, 7) is 9.32. The van der Waals surface area contributed by atoms with E-state index in [1.165, 1.54) is 12.0 Å². The Labute approximate surface area is 240 Å². The molecule has 0 saturated carbocycles. The van der Waals surface area contributed by atoms with Gasteiger partial charge in [0, 0.05) is 11.4 Å². The molecular weight excluding hydrogens is 528 g/mol. The van der Waals surface area contributed by atoms with Crippen molar-refractivity contribution in [1.29, 1.82) is 0 Å². The summed E-state index contributed by atoms with van der Waals surface area (Å²) < 4.78 is 10.5. The van der Waals surface area contributed by atoms with E-state index >= 15 is 0 Å². The van der Waals surface area contributed by atoms with Gasteiger partial charge in [-0.25, -0.2) is 9.59 Å². The molecule has 11 nitrogen and oxygen atoms in total. The van der Waals surface area contributed by atoms with E-state index in [9.17, 15) is 24.0 Å². The molecule has 2 aromatic rings. The monoisotopic (exact) mass is 570 g/mol. The number of rotatable bonds is 10. The highest BCUT2D eigenvalue weighted by molar-refractivity contribution is 6.00. The third-order valence-corrected chi connectivity index (χ3v) is 7.17. The van der Waals surface area contributed by atoms with Crippen molar-refractivity contribution in [2.75, 3.05) is 13.7 Å². The average molecular weight is 571 g/mol. The van der Waals surface area contributed by atoms with Crippen LogP contribution >= 0.6 is 0 Å². The number of benzene rings is 1. The standard InChI is InChI=1S/C30H42N4O7/c1-17(2)13-22(32-28(37)26-15-20-9-7-8-10-25(20)41-26)27(36)31-21-12-11-19(5)34(16-24(21)35)30(39)33-23(14-18(3)4)29(38)40-6/h7-10,15,17-19,21-23H,11-14,16H2,1-6H3,(H,31,36)(H,32,37)(H,33,39)/t19-,21?,22+,23+/m1/s1. The summed E-state index contributed by atoms with van der Waals surface area (Å²) in [5.74, 6) is -1.57. The van der Waals surface area contributed by atoms with Gasteiger partial charge >= 0.3 is 12.0 Å². The number of hydrogen-bond acceptors (Lipinski definition) is 7. The smallest absolute Gasteiger partial charge is 0.328 e. The van der Waals surface area contributed by atoms with E-state index in [4.69, 9.17) is 9.15 Å². The lowest BCUT2D eigenvalue weighted by Gasteiger charge is -2.29. The lowest BCUT2D eigenvalue weighted by atomic mass is 10.0. The molecule has 41 heavy (non-hydrogen) atoms. The number of ether oxygens (including phenoxy) is 1. The highest BCUT2D eigenvalue weighted by Crippen LogP contribution is 2.20. The zero-order valence-corrected chi connectivity index (χ0v) is 24.7. The highest BCUT2D eigenvalue weighted by atomic mass is 16.5. The predicted molar refractivity (Wildman–Crippen MR) is 153 cm³/mol. The van der Waals surface area contributed by atoms with Crippen LogP contribution in [0.15, 0.2) is 34.7 Å². The Kier molecular flexibility index (Phi) is 10.9. The number of fused-ring (bicyclic) bond motifs is 1. The number of furan rings is 1. The van der Waals surface area contributed by atoms with Gasteiger partial charge in [0.1, 0.15) is 17.7 Å². The fourth-order valence-electron chi connectivity index (χ4n) is 4.94. The van der Waals surface area contributed by atoms with Gasteiger partial charge in [0.25, 0.3) is 5.91 Å². The van der Waals surface area contributed by atoms with E-state index in [-0.39, 0.29) is 36.0 Å². The first-order chi connectivity index (χ1) is 19.4. The maximum atomic E-state index is 13.3. The minimum absolute atomic E-state index is 0.0827. The van der Waals surface area contributed by atoms with Gasteiger partial charge in [0.05, 0.1) is 19.7 Å². The first-order valence-corrected chi connectivity index (χ1v) is 14.2. The van der Waals surface area contributed by atoms with Crippen LogP contribution in [0, 0.1) is 11.8 Å². The number of carbonyl (C=O) groups is 5. The third kappa shape index (κ3) is 8.55. The van der Waals surface area contributed by atoms with Crippen molar-refractivity contribution in [2.24, 2.45) is 11.8 Å². The number of amides is 4. The van der Waals surface area contributed by atoms with Crippen molar-refractivity contribution in [1.82, 2.24) is 20.9 Å². The molecule has 1 fully saturated rings. The van der Waals surface area contributed by atoms with E-state index in [0.717, 1.165) is 5.39 Å². The normalized spacial score (nSPS) is 19.0. The Morgan fingerprint density at radius 2 is 1.66 bits per heavy atom. The lowest BCUT2D eigenvalue weighted by Crippen LogP contribution is -2.54. The molecular formula is C30H42N4O7. The van der Waals surface area contributed by atoms with Gasteiger partial charge in [0.2, 0.25) is 5.91 Å². The first kappa shape index (κ1) is 31.6. The maximum Gasteiger partial charge on any atom is 0.328 e. The van der Waals surface area contributed by atoms with Crippen LogP contribution in [0.25, 0.3) is 11.0 Å². The second kappa shape index (κ2) is 14.1. The van der Waals surface area contributed by atoms with Crippen LogP contribution in [-0.4, -0.2) is 72.3 Å². The summed E-state index contributed by atoms with van der Waals surface area (Å²) in [5, 5.41) is 9.05. The molecule has 1 unspecified atom stereocenters. The minimum Gasteiger partial charge on any atom is -0.467 e. The molecule has 0 radical (unpaired) electrons. The van der Waals surface area contributed by atoms with Gasteiger partial charge < -0.3 is 30.0 Å². The molecule has 0 bridgehead atoms. The molecule has 1 aliphatic heterocycles. The van der Waals surface area contributed by atoms with Gasteiger partial charge in [-0.1, -0.05) is 45.9 Å². The number of Topliss-reactive ketones (excluding diaryl/α,β-unsaturated/α-hetero) is 1. The van der Waals surface area contributed by atoms with Crippen LogP contribution < -0.4 is 16.0 Å². The Morgan fingerprint density at radius 1 is 1.00 bits per heavy atom. The zero-order valence-electron chi connectivity index (χ0n) is 24.7. The number of hydrogen-bond donors (Lipinski definition) is 3. The van der Waals surface area contributed by atoms with Gasteiger partial charge in [-0.15, -0.1) is 0 Å². The molecule has 1 aliphatic rings. The quantitative estimate of drug-likeness (QED) is 0.371. The van der Waals surface area contributed by atoms with E-state index in [1.54, 1.807) is 18.2 Å². The number of nitrogens with one attached hydrogen (secondary N) is 3. The molecule has 0 aliphatic carbocycles. The van der Waals surface area contributed by atoms with Crippen molar-refractivity contribution in [3.63, 3.8) is 0 Å². The number of para-hydroxylation sites is 1. The molecule has 3 rings (SSSR count). The summed E-state index contributed by atoms with van der Waals surface area (Å²) in [7, 11) is 1.26. The number of ketones is 1. The number of esters is 1. The number of likely N-dealkylation sites (tertiary alicyclic amines) is 1. The summed E-state index contributed by atoms with van der Waals surface area (Å²) in [6.07, 6.45) is 1.53. The van der Waals surface area contributed by atoms with Crippen molar-refractivity contribution in [3.8, 4) is 0 Å². The van der Waals surface area contributed by atoms with Crippen molar-refractivity contribution in [2.45, 2.75) is 84.5 Å². The molecule has 2 heterocycles. The van der Waals surface area contributed by atoms with Crippen molar-refractivity contribution < 1.29 is 33.1 Å². The first-order valence-electron chi connectivity index (χ1n) is 14.2. The molecule has 224 valence electrons. The summed E-state index contributed by atoms with van der Waals surface area (Å²) in [4.78, 5) is 66.2. The van der Waals surface area contributed by atoms with Crippen LogP contribution in [0.2, 0.25) is 0 Å². The number of urea groups is 1. The molecule has 0 spiro atoms. The number of carbonyl (C=O) groups excluding carboxylic acids is 5. The summed E-state index contributed by atoms with van der Waals surface area (Å²) in [5.41, 5.74) is 0.566. The zero-order chi connectivity index (χ0) is 30.3. The summed E-state index contributed by atoms with van der Waals surface area (Å²) >= 11 is 0. The fraction of sp³-hybridized carbons (Fsp3) is 0.567. The molecule has 4 atom stereocenters. The van der Waals surface area contributed by atoms with Crippen molar-refractivity contribution >= 4 is 40.6 Å². The van der Waals surface area contributed by atoms with Crippen LogP contribution in [0.5, 0.6) is 0 Å². The van der Waals surface area contributed by atoms with Crippen LogP contribution in [0.4, 0.5) is 4.79 Å². The molecule has 11 heteroatoms. The Bertz CT molecular complexity index is 1220. The van der Waals surface area contributed by atoms with E-state index in [1.807, 2.05) is 46.8 Å². The van der Waals surface area contributed by atoms with E-state index in [0.29, 0.717) is 31.3 Å². The highest BCUT2D eigenvalue weighted by Gasteiger charge is 2.35. The Balaban J connectivity index is 1.67. The van der Waals surface area contributed by atoms with Crippen LogP contribution in [0.1, 0.15) is 70.9 Å². The largest absolute Gasteiger partial charge is 0.467 e. The Hall–Kier alpha value is -3.89. The lowest BCUT2D eigenvalue weighted by molar-refractivity contribution is -0.143. The third-order valence-electron chi connectivity index (χ3n) is 7.17. The van der Waals surface area contributed by atoms with Crippen LogP contribution in [-0.2, 0) is 19.1 Å². The molecule has 1 aromatic carbocycles. The average Bonchev–Trinajstić information content (AvgIpc) is 3.30. The number of nitrogens with zero attached hydrogens (tertiary/aromatic N) is 1. The topological polar surface area (TPSA) is 147 Å². The minimum atomic E-state index is -0.888.